The Morgan fingerprint density at radius 3 is 2.64 bits per heavy atom. The third-order valence-corrected chi connectivity index (χ3v) is 4.88. The second kappa shape index (κ2) is 7.65. The second-order valence-electron chi connectivity index (χ2n) is 6.78. The minimum absolute atomic E-state index is 0.133. The summed E-state index contributed by atoms with van der Waals surface area (Å²) in [5.41, 5.74) is 0.136. The number of carbonyl (C=O) groups is 2. The molecule has 0 saturated carbocycles. The molecule has 6 nitrogen and oxygen atoms in total. The van der Waals surface area contributed by atoms with Crippen molar-refractivity contribution in [1.82, 2.24) is 5.16 Å². The zero-order chi connectivity index (χ0) is 20.5. The molecule has 3 rings (SSSR count). The van der Waals surface area contributed by atoms with Gasteiger partial charge in [-0.3, -0.25) is 19.8 Å². The zero-order valence-electron chi connectivity index (χ0n) is 15.4. The van der Waals surface area contributed by atoms with Crippen LogP contribution in [0.5, 0.6) is 0 Å². The van der Waals surface area contributed by atoms with E-state index in [1.165, 1.54) is 17.0 Å². The van der Waals surface area contributed by atoms with Crippen molar-refractivity contribution >= 4 is 23.4 Å². The minimum atomic E-state index is -4.47. The number of benzene rings is 1. The van der Waals surface area contributed by atoms with Gasteiger partial charge in [0.15, 0.2) is 0 Å². The molecule has 0 spiro atoms. The van der Waals surface area contributed by atoms with Crippen molar-refractivity contribution in [2.45, 2.75) is 51.2 Å². The summed E-state index contributed by atoms with van der Waals surface area (Å²) in [6.45, 7) is 3.98. The minimum Gasteiger partial charge on any atom is -0.338 e. The molecule has 1 aliphatic rings. The van der Waals surface area contributed by atoms with Crippen LogP contribution in [0.4, 0.5) is 24.7 Å². The first-order chi connectivity index (χ1) is 13.2. The van der Waals surface area contributed by atoms with Gasteiger partial charge in [-0.15, -0.1) is 0 Å². The summed E-state index contributed by atoms with van der Waals surface area (Å²) in [6.07, 6.45) is -3.21. The first-order valence-electron chi connectivity index (χ1n) is 8.97. The lowest BCUT2D eigenvalue weighted by Gasteiger charge is -2.24. The molecule has 1 aromatic heterocycles. The lowest BCUT2D eigenvalue weighted by molar-refractivity contribution is -0.137. The Balaban J connectivity index is 1.76. The van der Waals surface area contributed by atoms with Crippen LogP contribution in [0.3, 0.4) is 0 Å². The predicted molar refractivity (Wildman–Crippen MR) is 95.8 cm³/mol. The summed E-state index contributed by atoms with van der Waals surface area (Å²) < 4.78 is 43.4. The number of carbonyl (C=O) groups excluding carboxylic acids is 2. The molecule has 2 atom stereocenters. The highest BCUT2D eigenvalue weighted by atomic mass is 19.4. The Morgan fingerprint density at radius 1 is 1.36 bits per heavy atom. The van der Waals surface area contributed by atoms with Crippen LogP contribution >= 0.6 is 0 Å². The molecular weight excluding hydrogens is 375 g/mol. The number of rotatable bonds is 5. The van der Waals surface area contributed by atoms with E-state index in [2.05, 4.69) is 10.5 Å². The van der Waals surface area contributed by atoms with Crippen LogP contribution in [-0.2, 0) is 15.8 Å². The maximum Gasteiger partial charge on any atom is 0.416 e. The highest BCUT2D eigenvalue weighted by molar-refractivity contribution is 6.07. The Morgan fingerprint density at radius 2 is 2.04 bits per heavy atom. The first kappa shape index (κ1) is 19.9. The van der Waals surface area contributed by atoms with Crippen molar-refractivity contribution in [3.05, 3.63) is 41.6 Å². The van der Waals surface area contributed by atoms with Gasteiger partial charge in [-0.2, -0.15) is 13.2 Å². The van der Waals surface area contributed by atoms with Crippen LogP contribution in [0, 0.1) is 0 Å². The van der Waals surface area contributed by atoms with Gasteiger partial charge in [0.05, 0.1) is 11.3 Å². The molecular formula is C19H20F3N3O3. The number of nitrogens with one attached hydrogen (secondary N) is 1. The van der Waals surface area contributed by atoms with Crippen LogP contribution < -0.4 is 10.2 Å². The monoisotopic (exact) mass is 395 g/mol. The Kier molecular flexibility index (Phi) is 5.44. The van der Waals surface area contributed by atoms with Gasteiger partial charge in [-0.25, -0.2) is 0 Å². The standard InChI is InChI=1S/C19H20F3N3O3/c1-3-11(2)14-10-16(28-24-14)23-18(27)15-8-9-17(26)25(15)13-6-4-12(5-7-13)19(20,21)22/h4-7,10-11,15H,3,8-9H2,1-2H3,(H,23,27)/t11?,15-/m0/s1. The third-order valence-electron chi connectivity index (χ3n) is 4.88. The second-order valence-corrected chi connectivity index (χ2v) is 6.78. The van der Waals surface area contributed by atoms with Crippen LogP contribution in [-0.4, -0.2) is 23.0 Å². The maximum atomic E-state index is 12.7. The van der Waals surface area contributed by atoms with Crippen LogP contribution in [0.2, 0.25) is 0 Å². The topological polar surface area (TPSA) is 75.4 Å². The number of nitrogens with zero attached hydrogens (tertiary/aromatic N) is 2. The fraction of sp³-hybridized carbons (Fsp3) is 0.421. The molecule has 1 saturated heterocycles. The largest absolute Gasteiger partial charge is 0.416 e. The summed E-state index contributed by atoms with van der Waals surface area (Å²) in [7, 11) is 0. The number of alkyl halides is 3. The van der Waals surface area contributed by atoms with E-state index in [9.17, 15) is 22.8 Å². The maximum absolute atomic E-state index is 12.7. The molecule has 2 amide bonds. The molecule has 28 heavy (non-hydrogen) atoms. The van der Waals surface area contributed by atoms with Gasteiger partial charge >= 0.3 is 6.18 Å². The number of amides is 2. The molecule has 9 heteroatoms. The van der Waals surface area contributed by atoms with Crippen molar-refractivity contribution in [2.75, 3.05) is 10.2 Å². The van der Waals surface area contributed by atoms with Gasteiger partial charge in [0.1, 0.15) is 6.04 Å². The lowest BCUT2D eigenvalue weighted by atomic mass is 10.1. The van der Waals surface area contributed by atoms with Crippen LogP contribution in [0.1, 0.15) is 50.3 Å². The molecule has 1 N–H and O–H groups in total. The molecule has 0 aliphatic carbocycles. The molecule has 0 bridgehead atoms. The van der Waals surface area contributed by atoms with E-state index in [4.69, 9.17) is 4.52 Å². The smallest absolute Gasteiger partial charge is 0.338 e. The fourth-order valence-electron chi connectivity index (χ4n) is 3.06. The molecule has 2 heterocycles. The van der Waals surface area contributed by atoms with Crippen molar-refractivity contribution < 1.29 is 27.3 Å². The van der Waals surface area contributed by atoms with Crippen LogP contribution in [0.25, 0.3) is 0 Å². The number of halogens is 3. The summed E-state index contributed by atoms with van der Waals surface area (Å²) in [5, 5.41) is 6.51. The fourth-order valence-corrected chi connectivity index (χ4v) is 3.06. The van der Waals surface area contributed by atoms with Gasteiger partial charge in [0.2, 0.25) is 17.7 Å². The zero-order valence-corrected chi connectivity index (χ0v) is 15.4. The van der Waals surface area contributed by atoms with Crippen molar-refractivity contribution in [2.24, 2.45) is 0 Å². The summed E-state index contributed by atoms with van der Waals surface area (Å²) in [4.78, 5) is 26.1. The number of aromatic nitrogens is 1. The van der Waals surface area contributed by atoms with E-state index in [1.807, 2.05) is 13.8 Å². The molecule has 2 aromatic rings. The Labute approximate surface area is 159 Å². The average molecular weight is 395 g/mol. The molecule has 1 aromatic carbocycles. The molecule has 0 radical (unpaired) electrons. The molecule has 150 valence electrons. The summed E-state index contributed by atoms with van der Waals surface area (Å²) >= 11 is 0. The highest BCUT2D eigenvalue weighted by Crippen LogP contribution is 2.33. The van der Waals surface area contributed by atoms with Crippen LogP contribution in [0.15, 0.2) is 34.9 Å². The molecule has 1 unspecified atom stereocenters. The van der Waals surface area contributed by atoms with E-state index >= 15 is 0 Å². The van der Waals surface area contributed by atoms with E-state index < -0.39 is 23.7 Å². The van der Waals surface area contributed by atoms with Gasteiger partial charge in [-0.05, 0) is 37.1 Å². The van der Waals surface area contributed by atoms with Crippen molar-refractivity contribution in [3.8, 4) is 0 Å². The normalized spacial score (nSPS) is 18.4. The lowest BCUT2D eigenvalue weighted by Crippen LogP contribution is -2.41. The predicted octanol–water partition coefficient (Wildman–Crippen LogP) is 4.34. The van der Waals surface area contributed by atoms with Gasteiger partial charge in [0.25, 0.3) is 0 Å². The Hall–Kier alpha value is -2.84. The molecule has 1 aliphatic heterocycles. The van der Waals surface area contributed by atoms with Gasteiger partial charge in [0, 0.05) is 24.1 Å². The Bertz CT molecular complexity index is 861. The van der Waals surface area contributed by atoms with Gasteiger partial charge in [-0.1, -0.05) is 19.0 Å². The number of hydrogen-bond donors (Lipinski definition) is 1. The van der Waals surface area contributed by atoms with E-state index in [1.54, 1.807) is 6.07 Å². The quantitative estimate of drug-likeness (QED) is 0.817. The third kappa shape index (κ3) is 4.02. The van der Waals surface area contributed by atoms with E-state index in [0.29, 0.717) is 5.69 Å². The SMILES string of the molecule is CCC(C)c1cc(NC(=O)[C@@H]2CCC(=O)N2c2ccc(C(F)(F)F)cc2)on1. The summed E-state index contributed by atoms with van der Waals surface area (Å²) in [6, 6.07) is 4.98. The number of hydrogen-bond acceptors (Lipinski definition) is 4. The van der Waals surface area contributed by atoms with Gasteiger partial charge < -0.3 is 4.52 Å². The van der Waals surface area contributed by atoms with E-state index in [-0.39, 0.29) is 36.2 Å². The van der Waals surface area contributed by atoms with E-state index in [0.717, 1.165) is 18.6 Å². The van der Waals surface area contributed by atoms with Crippen molar-refractivity contribution in [1.29, 1.82) is 0 Å². The van der Waals surface area contributed by atoms with Crippen molar-refractivity contribution in [3.63, 3.8) is 0 Å². The first-order valence-corrected chi connectivity index (χ1v) is 8.97. The average Bonchev–Trinajstić information content (AvgIpc) is 3.27. The summed E-state index contributed by atoms with van der Waals surface area (Å²) in [5.74, 6) is -0.450. The highest BCUT2D eigenvalue weighted by Gasteiger charge is 2.38. The number of anilines is 2. The molecule has 1 fully saturated rings.